The van der Waals surface area contributed by atoms with Crippen LogP contribution in [0.15, 0.2) is 34.9 Å². The minimum atomic E-state index is -0.458. The molecule has 23 heavy (non-hydrogen) atoms. The van der Waals surface area contributed by atoms with Gasteiger partial charge in [-0.2, -0.15) is 0 Å². The van der Waals surface area contributed by atoms with Crippen LogP contribution in [0.2, 0.25) is 0 Å². The van der Waals surface area contributed by atoms with Crippen LogP contribution in [0.3, 0.4) is 0 Å². The van der Waals surface area contributed by atoms with E-state index in [9.17, 15) is 4.79 Å². The van der Waals surface area contributed by atoms with Gasteiger partial charge in [0.1, 0.15) is 0 Å². The van der Waals surface area contributed by atoms with E-state index < -0.39 is 6.04 Å². The highest BCUT2D eigenvalue weighted by Gasteiger charge is 2.28. The summed E-state index contributed by atoms with van der Waals surface area (Å²) in [4.78, 5) is 16.2. The maximum Gasteiger partial charge on any atom is 0.241 e. The van der Waals surface area contributed by atoms with Crippen LogP contribution >= 0.6 is 12.4 Å². The number of nitrogens with zero attached hydrogens (tertiary/aromatic N) is 1. The number of halogens is 1. The zero-order valence-corrected chi connectivity index (χ0v) is 13.9. The van der Waals surface area contributed by atoms with E-state index in [1.54, 1.807) is 6.20 Å². The molecule has 124 valence electrons. The van der Waals surface area contributed by atoms with Crippen molar-refractivity contribution in [3.63, 3.8) is 0 Å². The average molecular weight is 336 g/mol. The molecule has 1 aliphatic carbocycles. The van der Waals surface area contributed by atoms with E-state index in [-0.39, 0.29) is 18.3 Å². The van der Waals surface area contributed by atoms with Crippen molar-refractivity contribution >= 4 is 24.0 Å². The fourth-order valence-corrected chi connectivity index (χ4v) is 2.33. The summed E-state index contributed by atoms with van der Waals surface area (Å²) < 4.78 is 5.77. The van der Waals surface area contributed by atoms with Gasteiger partial charge in [-0.1, -0.05) is 13.3 Å². The van der Waals surface area contributed by atoms with Gasteiger partial charge in [0.15, 0.2) is 11.7 Å². The topological polar surface area (TPSA) is 81.2 Å². The molecular weight excluding hydrogens is 314 g/mol. The first-order chi connectivity index (χ1) is 10.7. The Morgan fingerprint density at radius 1 is 1.39 bits per heavy atom. The van der Waals surface area contributed by atoms with Crippen LogP contribution < -0.4 is 11.1 Å². The van der Waals surface area contributed by atoms with Crippen LogP contribution in [-0.4, -0.2) is 16.9 Å². The minimum absolute atomic E-state index is 0. The average Bonchev–Trinajstić information content (AvgIpc) is 3.26. The van der Waals surface area contributed by atoms with Crippen LogP contribution in [0.25, 0.3) is 11.3 Å². The molecule has 5 nitrogen and oxygen atoms in total. The number of nitrogens with two attached hydrogens (primary N) is 1. The predicted molar refractivity (Wildman–Crippen MR) is 92.7 cm³/mol. The van der Waals surface area contributed by atoms with E-state index in [1.807, 2.05) is 31.2 Å². The molecule has 0 saturated heterocycles. The quantitative estimate of drug-likeness (QED) is 0.843. The maximum absolute atomic E-state index is 11.9. The number of anilines is 1. The van der Waals surface area contributed by atoms with Gasteiger partial charge in [0.25, 0.3) is 0 Å². The van der Waals surface area contributed by atoms with Crippen molar-refractivity contribution in [3.8, 4) is 11.3 Å². The number of nitrogens with one attached hydrogen (secondary N) is 1. The lowest BCUT2D eigenvalue weighted by Gasteiger charge is -2.11. The second kappa shape index (κ2) is 7.62. The first-order valence-electron chi connectivity index (χ1n) is 7.80. The molecule has 0 radical (unpaired) electrons. The number of hydrogen-bond donors (Lipinski definition) is 2. The van der Waals surface area contributed by atoms with Crippen molar-refractivity contribution in [3.05, 3.63) is 36.4 Å². The lowest BCUT2D eigenvalue weighted by Crippen LogP contribution is -2.35. The van der Waals surface area contributed by atoms with Gasteiger partial charge in [-0.25, -0.2) is 4.98 Å². The normalized spacial score (nSPS) is 14.9. The monoisotopic (exact) mass is 335 g/mol. The molecule has 3 N–H and O–H groups in total. The van der Waals surface area contributed by atoms with Gasteiger partial charge in [-0.15, -0.1) is 12.4 Å². The second-order valence-corrected chi connectivity index (χ2v) is 5.80. The standard InChI is InChI=1S/C17H21N3O2.ClH/c1-2-3-14(18)16(21)20-13-8-6-11(7-9-13)15-10-19-17(22-15)12-4-5-12;/h6-10,12,14H,2-5,18H2,1H3,(H,20,21);1H. The smallest absolute Gasteiger partial charge is 0.241 e. The zero-order chi connectivity index (χ0) is 15.5. The van der Waals surface area contributed by atoms with Gasteiger partial charge in [-0.3, -0.25) is 4.79 Å². The highest BCUT2D eigenvalue weighted by atomic mass is 35.5. The molecule has 1 aromatic heterocycles. The lowest BCUT2D eigenvalue weighted by molar-refractivity contribution is -0.117. The number of aromatic nitrogens is 1. The van der Waals surface area contributed by atoms with Crippen molar-refractivity contribution in [2.75, 3.05) is 5.32 Å². The van der Waals surface area contributed by atoms with Gasteiger partial charge in [0.2, 0.25) is 5.91 Å². The Labute approximate surface area is 142 Å². The van der Waals surface area contributed by atoms with E-state index in [1.165, 1.54) is 12.8 Å². The molecule has 1 aromatic carbocycles. The third kappa shape index (κ3) is 4.33. The zero-order valence-electron chi connectivity index (χ0n) is 13.1. The highest BCUT2D eigenvalue weighted by Crippen LogP contribution is 2.40. The van der Waals surface area contributed by atoms with E-state index in [2.05, 4.69) is 10.3 Å². The first kappa shape index (κ1) is 17.5. The van der Waals surface area contributed by atoms with Crippen molar-refractivity contribution in [1.82, 2.24) is 4.98 Å². The predicted octanol–water partition coefficient (Wildman–Crippen LogP) is 3.71. The summed E-state index contributed by atoms with van der Waals surface area (Å²) in [7, 11) is 0. The molecular formula is C17H22ClN3O2. The van der Waals surface area contributed by atoms with Crippen LogP contribution in [0.4, 0.5) is 5.69 Å². The summed E-state index contributed by atoms with van der Waals surface area (Å²) in [5.74, 6) is 1.96. The van der Waals surface area contributed by atoms with E-state index >= 15 is 0 Å². The Hall–Kier alpha value is -1.85. The van der Waals surface area contributed by atoms with Crippen molar-refractivity contribution < 1.29 is 9.21 Å². The molecule has 1 aliphatic rings. The Morgan fingerprint density at radius 2 is 2.09 bits per heavy atom. The van der Waals surface area contributed by atoms with Gasteiger partial charge < -0.3 is 15.5 Å². The van der Waals surface area contributed by atoms with Crippen LogP contribution in [-0.2, 0) is 4.79 Å². The molecule has 3 rings (SSSR count). The number of amides is 1. The molecule has 0 bridgehead atoms. The number of rotatable bonds is 6. The molecule has 1 atom stereocenters. The minimum Gasteiger partial charge on any atom is -0.440 e. The summed E-state index contributed by atoms with van der Waals surface area (Å²) in [5, 5.41) is 2.83. The van der Waals surface area contributed by atoms with Gasteiger partial charge >= 0.3 is 0 Å². The largest absolute Gasteiger partial charge is 0.440 e. The molecule has 2 aromatic rings. The summed E-state index contributed by atoms with van der Waals surface area (Å²) in [6, 6.07) is 7.08. The second-order valence-electron chi connectivity index (χ2n) is 5.80. The Kier molecular flexibility index (Phi) is 5.80. The van der Waals surface area contributed by atoms with Crippen LogP contribution in [0, 0.1) is 0 Å². The lowest BCUT2D eigenvalue weighted by atomic mass is 10.1. The van der Waals surface area contributed by atoms with Crippen molar-refractivity contribution in [1.29, 1.82) is 0 Å². The maximum atomic E-state index is 11.9. The third-order valence-corrected chi connectivity index (χ3v) is 3.82. The van der Waals surface area contributed by atoms with Crippen LogP contribution in [0.1, 0.15) is 44.4 Å². The molecule has 1 saturated carbocycles. The molecule has 0 aliphatic heterocycles. The molecule has 1 heterocycles. The van der Waals surface area contributed by atoms with E-state index in [0.29, 0.717) is 12.3 Å². The molecule has 1 unspecified atom stereocenters. The molecule has 1 amide bonds. The number of carbonyl (C=O) groups is 1. The summed E-state index contributed by atoms with van der Waals surface area (Å²) in [6.07, 6.45) is 5.68. The Bertz CT molecular complexity index is 650. The molecule has 0 spiro atoms. The summed E-state index contributed by atoms with van der Waals surface area (Å²) in [5.41, 5.74) is 7.49. The number of carbonyl (C=O) groups excluding carboxylic acids is 1. The van der Waals surface area contributed by atoms with Gasteiger partial charge in [0, 0.05) is 17.2 Å². The van der Waals surface area contributed by atoms with E-state index in [0.717, 1.165) is 29.3 Å². The van der Waals surface area contributed by atoms with Crippen LogP contribution in [0.5, 0.6) is 0 Å². The van der Waals surface area contributed by atoms with Gasteiger partial charge in [0.05, 0.1) is 12.2 Å². The fourth-order valence-electron chi connectivity index (χ4n) is 2.33. The Morgan fingerprint density at radius 3 is 2.70 bits per heavy atom. The number of benzene rings is 1. The Balaban J connectivity index is 0.00000192. The SMILES string of the molecule is CCCC(N)C(=O)Nc1ccc(-c2cnc(C3CC3)o2)cc1.Cl. The number of hydrogen-bond acceptors (Lipinski definition) is 4. The van der Waals surface area contributed by atoms with Crippen molar-refractivity contribution in [2.24, 2.45) is 5.73 Å². The summed E-state index contributed by atoms with van der Waals surface area (Å²) >= 11 is 0. The highest BCUT2D eigenvalue weighted by molar-refractivity contribution is 5.94. The molecule has 1 fully saturated rings. The summed E-state index contributed by atoms with van der Waals surface area (Å²) in [6.45, 7) is 2.01. The third-order valence-electron chi connectivity index (χ3n) is 3.82. The number of oxazole rings is 1. The van der Waals surface area contributed by atoms with Crippen molar-refractivity contribution in [2.45, 2.75) is 44.6 Å². The fraction of sp³-hybridized carbons (Fsp3) is 0.412. The first-order valence-corrected chi connectivity index (χ1v) is 7.80. The molecule has 6 heteroatoms. The van der Waals surface area contributed by atoms with Gasteiger partial charge in [-0.05, 0) is 43.5 Å². The van der Waals surface area contributed by atoms with E-state index in [4.69, 9.17) is 10.2 Å².